The Morgan fingerprint density at radius 1 is 1.04 bits per heavy atom. The van der Waals surface area contributed by atoms with Crippen molar-refractivity contribution >= 4 is 45.7 Å². The number of nitrogens with one attached hydrogen (secondary N) is 2. The maximum atomic E-state index is 13.3. The van der Waals surface area contributed by atoms with Gasteiger partial charge in [-0.2, -0.15) is 13.2 Å². The zero-order valence-electron chi connectivity index (χ0n) is 13.4. The minimum Gasteiger partial charge on any atom is -0.355 e. The van der Waals surface area contributed by atoms with E-state index < -0.39 is 39.0 Å². The van der Waals surface area contributed by atoms with Gasteiger partial charge in [0.05, 0.1) is 16.8 Å². The molecule has 27 heavy (non-hydrogen) atoms. The number of alkyl halides is 5. The van der Waals surface area contributed by atoms with Crippen LogP contribution < -0.4 is 10.7 Å². The van der Waals surface area contributed by atoms with Gasteiger partial charge in [-0.3, -0.25) is 9.59 Å². The Kier molecular flexibility index (Phi) is 5.17. The Labute approximate surface area is 160 Å². The van der Waals surface area contributed by atoms with Crippen molar-refractivity contribution in [2.45, 2.75) is 11.0 Å². The second-order valence-electron chi connectivity index (χ2n) is 5.59. The maximum absolute atomic E-state index is 13.3. The number of aromatic amines is 1. The first-order valence-electron chi connectivity index (χ1n) is 7.61. The summed E-state index contributed by atoms with van der Waals surface area (Å²) in [4.78, 5) is 26.4. The van der Waals surface area contributed by atoms with Crippen LogP contribution in [0.2, 0.25) is 0 Å². The normalized spacial score (nSPS) is 11.8. The Bertz CT molecular complexity index is 1060. The molecular weight excluding hydrogens is 404 g/mol. The van der Waals surface area contributed by atoms with E-state index in [2.05, 4.69) is 10.3 Å². The second kappa shape index (κ2) is 7.25. The van der Waals surface area contributed by atoms with Crippen molar-refractivity contribution in [3.63, 3.8) is 0 Å². The lowest BCUT2D eigenvalue weighted by Gasteiger charge is -2.15. The number of carbonyl (C=O) groups is 1. The lowest BCUT2D eigenvalue weighted by molar-refractivity contribution is -0.136. The molecule has 0 radical (unpaired) electrons. The third kappa shape index (κ3) is 3.79. The molecule has 0 fully saturated rings. The van der Waals surface area contributed by atoms with Gasteiger partial charge in [-0.15, -0.1) is 0 Å². The number of pyridine rings is 1. The second-order valence-corrected chi connectivity index (χ2v) is 6.69. The molecule has 3 aromatic rings. The van der Waals surface area contributed by atoms with Crippen LogP contribution >= 0.6 is 23.2 Å². The van der Waals surface area contributed by atoms with Gasteiger partial charge < -0.3 is 10.3 Å². The standard InChI is InChI=1S/C18H11Cl2F3N2O2/c19-16(20)14-12(17(27)24-9-5-2-1-3-6-9)15(26)10-7-4-8-11(13(10)25-14)18(21,22)23/h1-8,16H,(H,24,27)(H,25,26). The maximum Gasteiger partial charge on any atom is 0.418 e. The molecule has 3 rings (SSSR count). The van der Waals surface area contributed by atoms with Crippen LogP contribution in [0.4, 0.5) is 18.9 Å². The van der Waals surface area contributed by atoms with Crippen molar-refractivity contribution in [3.8, 4) is 0 Å². The van der Waals surface area contributed by atoms with Gasteiger partial charge in [-0.1, -0.05) is 47.5 Å². The molecule has 4 nitrogen and oxygen atoms in total. The molecule has 1 heterocycles. The first-order chi connectivity index (χ1) is 12.7. The minimum absolute atomic E-state index is 0.291. The summed E-state index contributed by atoms with van der Waals surface area (Å²) in [5.74, 6) is -0.830. The highest BCUT2D eigenvalue weighted by Crippen LogP contribution is 2.35. The number of anilines is 1. The molecule has 140 valence electrons. The number of rotatable bonds is 3. The van der Waals surface area contributed by atoms with Gasteiger partial charge in [0.25, 0.3) is 5.91 Å². The molecule has 0 aliphatic heterocycles. The van der Waals surface area contributed by atoms with Crippen molar-refractivity contribution in [2.24, 2.45) is 0 Å². The van der Waals surface area contributed by atoms with Crippen LogP contribution in [0.5, 0.6) is 0 Å². The van der Waals surface area contributed by atoms with E-state index in [1.54, 1.807) is 30.3 Å². The van der Waals surface area contributed by atoms with Crippen LogP contribution in [-0.2, 0) is 6.18 Å². The first-order valence-corrected chi connectivity index (χ1v) is 8.48. The van der Waals surface area contributed by atoms with Gasteiger partial charge in [0, 0.05) is 11.1 Å². The molecule has 0 saturated carbocycles. The molecule has 0 aliphatic rings. The van der Waals surface area contributed by atoms with Crippen molar-refractivity contribution in [2.75, 3.05) is 5.32 Å². The fraction of sp³-hybridized carbons (Fsp3) is 0.111. The smallest absolute Gasteiger partial charge is 0.355 e. The number of hydrogen-bond acceptors (Lipinski definition) is 2. The van der Waals surface area contributed by atoms with Gasteiger partial charge in [0.2, 0.25) is 5.43 Å². The van der Waals surface area contributed by atoms with Gasteiger partial charge >= 0.3 is 6.18 Å². The summed E-state index contributed by atoms with van der Waals surface area (Å²) in [7, 11) is 0. The van der Waals surface area contributed by atoms with Crippen molar-refractivity contribution < 1.29 is 18.0 Å². The lowest BCUT2D eigenvalue weighted by Crippen LogP contribution is -2.26. The number of halogens is 5. The summed E-state index contributed by atoms with van der Waals surface area (Å²) >= 11 is 11.7. The molecule has 1 aromatic heterocycles. The summed E-state index contributed by atoms with van der Waals surface area (Å²) in [6.07, 6.45) is -4.71. The van der Waals surface area contributed by atoms with Crippen LogP contribution in [0, 0.1) is 0 Å². The molecular formula is C18H11Cl2F3N2O2. The third-order valence-electron chi connectivity index (χ3n) is 3.85. The SMILES string of the molecule is O=C(Nc1ccccc1)c1c(C(Cl)Cl)[nH]c2c(C(F)(F)F)cccc2c1=O. The highest BCUT2D eigenvalue weighted by atomic mass is 35.5. The number of carbonyl (C=O) groups excluding carboxylic acids is 1. The van der Waals surface area contributed by atoms with Crippen LogP contribution in [0.25, 0.3) is 10.9 Å². The molecule has 2 aromatic carbocycles. The molecule has 0 spiro atoms. The Hall–Kier alpha value is -2.51. The van der Waals surface area contributed by atoms with E-state index in [0.717, 1.165) is 12.1 Å². The third-order valence-corrected chi connectivity index (χ3v) is 4.28. The lowest BCUT2D eigenvalue weighted by atomic mass is 10.0. The van der Waals surface area contributed by atoms with E-state index >= 15 is 0 Å². The van der Waals surface area contributed by atoms with Crippen LogP contribution in [0.1, 0.15) is 26.5 Å². The van der Waals surface area contributed by atoms with E-state index in [-0.39, 0.29) is 11.1 Å². The quantitative estimate of drug-likeness (QED) is 0.573. The van der Waals surface area contributed by atoms with Crippen molar-refractivity contribution in [1.29, 1.82) is 0 Å². The average Bonchev–Trinajstić information content (AvgIpc) is 2.61. The van der Waals surface area contributed by atoms with E-state index in [0.29, 0.717) is 5.69 Å². The average molecular weight is 415 g/mol. The Balaban J connectivity index is 2.24. The number of aromatic nitrogens is 1. The van der Waals surface area contributed by atoms with Gasteiger partial charge in [-0.25, -0.2) is 0 Å². The molecule has 1 amide bonds. The Morgan fingerprint density at radius 2 is 1.70 bits per heavy atom. The highest BCUT2D eigenvalue weighted by molar-refractivity contribution is 6.44. The predicted molar refractivity (Wildman–Crippen MR) is 98.4 cm³/mol. The number of amides is 1. The summed E-state index contributed by atoms with van der Waals surface area (Å²) in [6, 6.07) is 11.4. The Morgan fingerprint density at radius 3 is 2.30 bits per heavy atom. The number of hydrogen-bond donors (Lipinski definition) is 2. The van der Waals surface area contributed by atoms with Crippen molar-refractivity contribution in [3.05, 3.63) is 75.6 Å². The molecule has 0 bridgehead atoms. The molecule has 0 aliphatic carbocycles. The highest BCUT2D eigenvalue weighted by Gasteiger charge is 2.34. The summed E-state index contributed by atoms with van der Waals surface area (Å²) < 4.78 is 39.8. The first kappa shape index (κ1) is 19.3. The van der Waals surface area contributed by atoms with E-state index in [1.807, 2.05) is 0 Å². The number of fused-ring (bicyclic) bond motifs is 1. The zero-order chi connectivity index (χ0) is 19.8. The van der Waals surface area contributed by atoms with Gasteiger partial charge in [-0.05, 0) is 24.3 Å². The summed E-state index contributed by atoms with van der Waals surface area (Å²) in [5.41, 5.74) is -2.78. The number of H-pyrrole nitrogens is 1. The van der Waals surface area contributed by atoms with Crippen LogP contribution in [-0.4, -0.2) is 10.9 Å². The van der Waals surface area contributed by atoms with Crippen LogP contribution in [0.15, 0.2) is 53.3 Å². The van der Waals surface area contributed by atoms with E-state index in [1.165, 1.54) is 6.07 Å². The zero-order valence-corrected chi connectivity index (χ0v) is 14.9. The fourth-order valence-electron chi connectivity index (χ4n) is 2.67. The molecule has 9 heteroatoms. The largest absolute Gasteiger partial charge is 0.418 e. The predicted octanol–water partition coefficient (Wildman–Crippen LogP) is 5.28. The fourth-order valence-corrected chi connectivity index (χ4v) is 3.00. The van der Waals surface area contributed by atoms with E-state index in [4.69, 9.17) is 23.2 Å². The molecule has 0 unspecified atom stereocenters. The summed E-state index contributed by atoms with van der Waals surface area (Å²) in [5, 5.41) is 2.21. The molecule has 0 atom stereocenters. The molecule has 2 N–H and O–H groups in total. The monoisotopic (exact) mass is 414 g/mol. The van der Waals surface area contributed by atoms with Crippen LogP contribution in [0.3, 0.4) is 0 Å². The minimum atomic E-state index is -4.71. The number of para-hydroxylation sites is 2. The topological polar surface area (TPSA) is 62.0 Å². The van der Waals surface area contributed by atoms with Crippen molar-refractivity contribution in [1.82, 2.24) is 4.98 Å². The van der Waals surface area contributed by atoms with Gasteiger partial charge in [0.1, 0.15) is 10.4 Å². The summed E-state index contributed by atoms with van der Waals surface area (Å²) in [6.45, 7) is 0. The van der Waals surface area contributed by atoms with Gasteiger partial charge in [0.15, 0.2) is 0 Å². The molecule has 0 saturated heterocycles. The van der Waals surface area contributed by atoms with E-state index in [9.17, 15) is 22.8 Å². The number of benzene rings is 2.